The molecule has 1 aromatic heterocycles. The highest BCUT2D eigenvalue weighted by Gasteiger charge is 2.18. The minimum Gasteiger partial charge on any atom is -0.376 e. The average Bonchev–Trinajstić information content (AvgIpc) is 2.73. The fourth-order valence-electron chi connectivity index (χ4n) is 1.35. The molecular weight excluding hydrogens is 300 g/mol. The lowest BCUT2D eigenvalue weighted by Crippen LogP contribution is -2.03. The smallest absolute Gasteiger partial charge is 0.307 e. The Kier molecular flexibility index (Phi) is 3.91. The van der Waals surface area contributed by atoms with E-state index in [9.17, 15) is 18.9 Å². The minimum absolute atomic E-state index is 0.136. The molecular formula is C10H6ClF2N3O2S. The SMILES string of the molecule is O=[N+]([O-])c1cc(NCc2ncc(Cl)s2)c(F)cc1F. The van der Waals surface area contributed by atoms with Crippen LogP contribution >= 0.6 is 22.9 Å². The molecule has 1 N–H and O–H groups in total. The van der Waals surface area contributed by atoms with Crippen molar-refractivity contribution in [3.63, 3.8) is 0 Å². The van der Waals surface area contributed by atoms with E-state index in [-0.39, 0.29) is 12.2 Å². The summed E-state index contributed by atoms with van der Waals surface area (Å²) in [5.41, 5.74) is -0.958. The summed E-state index contributed by atoms with van der Waals surface area (Å²) in [5, 5.41) is 13.7. The molecule has 0 spiro atoms. The van der Waals surface area contributed by atoms with Crippen LogP contribution in [0, 0.1) is 21.7 Å². The van der Waals surface area contributed by atoms with Crippen LogP contribution < -0.4 is 5.32 Å². The predicted molar refractivity (Wildman–Crippen MR) is 67.5 cm³/mol. The van der Waals surface area contributed by atoms with Crippen LogP contribution in [0.5, 0.6) is 0 Å². The van der Waals surface area contributed by atoms with Gasteiger partial charge in [0.05, 0.1) is 23.4 Å². The third kappa shape index (κ3) is 3.15. The number of nitrogens with one attached hydrogen (secondary N) is 1. The molecule has 0 saturated heterocycles. The molecule has 5 nitrogen and oxygen atoms in total. The van der Waals surface area contributed by atoms with E-state index < -0.39 is 22.2 Å². The van der Waals surface area contributed by atoms with Crippen molar-refractivity contribution in [2.45, 2.75) is 6.54 Å². The Morgan fingerprint density at radius 1 is 1.42 bits per heavy atom. The summed E-state index contributed by atoms with van der Waals surface area (Å²) < 4.78 is 27.0. The Hall–Kier alpha value is -1.80. The molecule has 1 heterocycles. The van der Waals surface area contributed by atoms with Crippen LogP contribution in [-0.2, 0) is 6.54 Å². The summed E-state index contributed by atoms with van der Waals surface area (Å²) in [6, 6.07) is 1.27. The van der Waals surface area contributed by atoms with Crippen molar-refractivity contribution in [1.82, 2.24) is 4.98 Å². The molecule has 0 bridgehead atoms. The normalized spacial score (nSPS) is 10.5. The van der Waals surface area contributed by atoms with Crippen molar-refractivity contribution < 1.29 is 13.7 Å². The first-order valence-corrected chi connectivity index (χ1v) is 6.14. The molecule has 0 aliphatic carbocycles. The first-order valence-electron chi connectivity index (χ1n) is 4.95. The maximum Gasteiger partial charge on any atom is 0.307 e. The van der Waals surface area contributed by atoms with Gasteiger partial charge in [0.2, 0.25) is 5.82 Å². The van der Waals surface area contributed by atoms with Crippen molar-refractivity contribution in [3.8, 4) is 0 Å². The molecule has 1 aromatic carbocycles. The number of anilines is 1. The topological polar surface area (TPSA) is 68.1 Å². The summed E-state index contributed by atoms with van der Waals surface area (Å²) in [6.07, 6.45) is 1.44. The second-order valence-electron chi connectivity index (χ2n) is 3.45. The summed E-state index contributed by atoms with van der Waals surface area (Å²) >= 11 is 6.86. The summed E-state index contributed by atoms with van der Waals surface area (Å²) in [4.78, 5) is 13.6. The standard InChI is InChI=1S/C10H6ClF2N3O2S/c11-9-3-15-10(19-9)4-14-7-2-8(16(17)18)6(13)1-5(7)12/h1-3,14H,4H2. The van der Waals surface area contributed by atoms with E-state index in [1.807, 2.05) is 0 Å². The van der Waals surface area contributed by atoms with Crippen LogP contribution in [0.15, 0.2) is 18.3 Å². The summed E-state index contributed by atoms with van der Waals surface area (Å²) in [6.45, 7) is 0.136. The van der Waals surface area contributed by atoms with E-state index in [4.69, 9.17) is 11.6 Å². The number of nitro groups is 1. The molecule has 0 unspecified atom stereocenters. The minimum atomic E-state index is -1.22. The lowest BCUT2D eigenvalue weighted by Gasteiger charge is -2.06. The zero-order valence-electron chi connectivity index (χ0n) is 9.19. The Balaban J connectivity index is 2.20. The van der Waals surface area contributed by atoms with Gasteiger partial charge in [0.1, 0.15) is 15.2 Å². The van der Waals surface area contributed by atoms with Crippen molar-refractivity contribution in [1.29, 1.82) is 0 Å². The highest BCUT2D eigenvalue weighted by molar-refractivity contribution is 7.15. The second kappa shape index (κ2) is 5.45. The van der Waals surface area contributed by atoms with Gasteiger partial charge in [-0.25, -0.2) is 9.37 Å². The van der Waals surface area contributed by atoms with Crippen molar-refractivity contribution in [2.24, 2.45) is 0 Å². The number of halogens is 3. The molecule has 2 aromatic rings. The molecule has 19 heavy (non-hydrogen) atoms. The number of thiazole rings is 1. The lowest BCUT2D eigenvalue weighted by atomic mass is 10.2. The van der Waals surface area contributed by atoms with Gasteiger partial charge in [-0.2, -0.15) is 4.39 Å². The zero-order valence-corrected chi connectivity index (χ0v) is 10.8. The average molecular weight is 306 g/mol. The van der Waals surface area contributed by atoms with Crippen molar-refractivity contribution >= 4 is 34.3 Å². The maximum atomic E-state index is 13.4. The van der Waals surface area contributed by atoms with Gasteiger partial charge in [-0.1, -0.05) is 11.6 Å². The van der Waals surface area contributed by atoms with Gasteiger partial charge in [-0.15, -0.1) is 11.3 Å². The number of nitro benzene ring substituents is 1. The van der Waals surface area contributed by atoms with Crippen LogP contribution in [0.1, 0.15) is 5.01 Å². The van der Waals surface area contributed by atoms with Crippen LogP contribution in [0.4, 0.5) is 20.2 Å². The summed E-state index contributed by atoms with van der Waals surface area (Å²) in [7, 11) is 0. The first-order chi connectivity index (χ1) is 8.97. The number of nitrogens with zero attached hydrogens (tertiary/aromatic N) is 2. The molecule has 0 amide bonds. The largest absolute Gasteiger partial charge is 0.376 e. The second-order valence-corrected chi connectivity index (χ2v) is 5.20. The monoisotopic (exact) mass is 305 g/mol. The Bertz CT molecular complexity index is 635. The van der Waals surface area contributed by atoms with E-state index >= 15 is 0 Å². The van der Waals surface area contributed by atoms with E-state index in [0.717, 1.165) is 6.07 Å². The summed E-state index contributed by atoms with van der Waals surface area (Å²) in [5.74, 6) is -2.13. The molecule has 0 aliphatic heterocycles. The van der Waals surface area contributed by atoms with Crippen LogP contribution in [-0.4, -0.2) is 9.91 Å². The van der Waals surface area contributed by atoms with Gasteiger partial charge in [-0.3, -0.25) is 10.1 Å². The fraction of sp³-hybridized carbons (Fsp3) is 0.100. The Labute approximate surface area is 115 Å². The number of benzene rings is 1. The van der Waals surface area contributed by atoms with Crippen molar-refractivity contribution in [3.05, 3.63) is 49.4 Å². The van der Waals surface area contributed by atoms with Crippen LogP contribution in [0.3, 0.4) is 0 Å². The Morgan fingerprint density at radius 3 is 2.74 bits per heavy atom. The van der Waals surface area contributed by atoms with Gasteiger partial charge in [0, 0.05) is 12.1 Å². The molecule has 0 fully saturated rings. The molecule has 100 valence electrons. The maximum absolute atomic E-state index is 13.4. The van der Waals surface area contributed by atoms with Gasteiger partial charge < -0.3 is 5.32 Å². The first kappa shape index (κ1) is 13.6. The molecule has 0 saturated carbocycles. The van der Waals surface area contributed by atoms with Gasteiger partial charge in [0.15, 0.2) is 0 Å². The van der Waals surface area contributed by atoms with Gasteiger partial charge in [-0.05, 0) is 0 Å². The number of aromatic nitrogens is 1. The molecule has 9 heteroatoms. The highest BCUT2D eigenvalue weighted by Crippen LogP contribution is 2.26. The molecule has 0 radical (unpaired) electrons. The Morgan fingerprint density at radius 2 is 2.16 bits per heavy atom. The van der Waals surface area contributed by atoms with E-state index in [2.05, 4.69) is 10.3 Å². The van der Waals surface area contributed by atoms with Gasteiger partial charge >= 0.3 is 5.69 Å². The zero-order chi connectivity index (χ0) is 14.0. The number of hydrogen-bond donors (Lipinski definition) is 1. The fourth-order valence-corrected chi connectivity index (χ4v) is 2.25. The van der Waals surface area contributed by atoms with Gasteiger partial charge in [0.25, 0.3) is 0 Å². The quantitative estimate of drug-likeness (QED) is 0.692. The molecule has 2 rings (SSSR count). The predicted octanol–water partition coefficient (Wildman–Crippen LogP) is 3.60. The van der Waals surface area contributed by atoms with Crippen LogP contribution in [0.2, 0.25) is 4.34 Å². The lowest BCUT2D eigenvalue weighted by molar-refractivity contribution is -0.387. The highest BCUT2D eigenvalue weighted by atomic mass is 35.5. The van der Waals surface area contributed by atoms with Crippen LogP contribution in [0.25, 0.3) is 0 Å². The van der Waals surface area contributed by atoms with E-state index in [1.165, 1.54) is 17.5 Å². The number of hydrogen-bond acceptors (Lipinski definition) is 5. The molecule has 0 atom stereocenters. The van der Waals surface area contributed by atoms with E-state index in [0.29, 0.717) is 15.4 Å². The van der Waals surface area contributed by atoms with E-state index in [1.54, 1.807) is 0 Å². The third-order valence-electron chi connectivity index (χ3n) is 2.19. The molecule has 0 aliphatic rings. The third-order valence-corrected chi connectivity index (χ3v) is 3.30. The van der Waals surface area contributed by atoms with Crippen molar-refractivity contribution in [2.75, 3.05) is 5.32 Å². The number of rotatable bonds is 4.